The number of benzene rings is 1. The topological polar surface area (TPSA) is 104 Å². The summed E-state index contributed by atoms with van der Waals surface area (Å²) in [7, 11) is 0. The van der Waals surface area contributed by atoms with Crippen molar-refractivity contribution in [3.63, 3.8) is 0 Å². The van der Waals surface area contributed by atoms with E-state index in [1.165, 1.54) is 43.3 Å². The van der Waals surface area contributed by atoms with Crippen molar-refractivity contribution >= 4 is 29.3 Å². The van der Waals surface area contributed by atoms with Gasteiger partial charge in [0, 0.05) is 44.3 Å². The normalized spacial score (nSPS) is 19.7. The Bertz CT molecular complexity index is 1040. The number of likely N-dealkylation sites (tertiary alicyclic amines) is 1. The molecule has 0 spiro atoms. The van der Waals surface area contributed by atoms with Gasteiger partial charge in [0.05, 0.1) is 0 Å². The fourth-order valence-electron chi connectivity index (χ4n) is 4.33. The summed E-state index contributed by atoms with van der Waals surface area (Å²) in [6.45, 7) is 6.70. The highest BCUT2D eigenvalue weighted by atomic mass is 32.2. The molecule has 2 aromatic rings. The molecule has 0 unspecified atom stereocenters. The van der Waals surface area contributed by atoms with Crippen LogP contribution in [0.1, 0.15) is 30.9 Å². The molecule has 8 nitrogen and oxygen atoms in total. The lowest BCUT2D eigenvalue weighted by atomic mass is 10.1. The van der Waals surface area contributed by atoms with Gasteiger partial charge in [0.2, 0.25) is 5.91 Å². The first kappa shape index (κ1) is 25.1. The summed E-state index contributed by atoms with van der Waals surface area (Å²) in [5.41, 5.74) is 9.49. The van der Waals surface area contributed by atoms with Crippen LogP contribution in [0, 0.1) is 0 Å². The Morgan fingerprint density at radius 1 is 1.11 bits per heavy atom. The van der Waals surface area contributed by atoms with Gasteiger partial charge < -0.3 is 26.2 Å². The third-order valence-electron chi connectivity index (χ3n) is 6.40. The molecule has 2 aliphatic rings. The number of carbonyl (C=O) groups excluding carboxylic acids is 2. The summed E-state index contributed by atoms with van der Waals surface area (Å²) in [6.07, 6.45) is 7.03. The van der Waals surface area contributed by atoms with Crippen LogP contribution in [0.2, 0.25) is 0 Å². The molecule has 0 aliphatic carbocycles. The number of nitrogens with two attached hydrogens (primary N) is 1. The van der Waals surface area contributed by atoms with E-state index in [9.17, 15) is 9.59 Å². The summed E-state index contributed by atoms with van der Waals surface area (Å²) in [4.78, 5) is 33.7. The second-order valence-electron chi connectivity index (χ2n) is 8.82. The molecule has 3 heterocycles. The summed E-state index contributed by atoms with van der Waals surface area (Å²) in [6, 6.07) is 12.1. The molecule has 186 valence electrons. The molecule has 9 heteroatoms. The van der Waals surface area contributed by atoms with Crippen LogP contribution in [-0.4, -0.2) is 64.6 Å². The molecule has 0 bridgehead atoms. The molecule has 1 atom stereocenters. The number of pyridine rings is 1. The van der Waals surface area contributed by atoms with E-state index in [2.05, 4.69) is 44.8 Å². The monoisotopic (exact) mass is 494 g/mol. The number of thioether (sulfide) groups is 1. The van der Waals surface area contributed by atoms with Gasteiger partial charge >= 0.3 is 0 Å². The average molecular weight is 495 g/mol. The Hall–Kier alpha value is -3.04. The van der Waals surface area contributed by atoms with Gasteiger partial charge in [-0.3, -0.25) is 14.6 Å². The number of hydrogen-bond acceptors (Lipinski definition) is 7. The van der Waals surface area contributed by atoms with Crippen LogP contribution in [0.3, 0.4) is 0 Å². The molecule has 2 fully saturated rings. The Kier molecular flexibility index (Phi) is 8.65. The van der Waals surface area contributed by atoms with Crippen LogP contribution in [0.15, 0.2) is 59.5 Å². The third-order valence-corrected chi connectivity index (χ3v) is 7.71. The van der Waals surface area contributed by atoms with Crippen molar-refractivity contribution < 1.29 is 9.59 Å². The summed E-state index contributed by atoms with van der Waals surface area (Å²) >= 11 is 1.35. The highest BCUT2D eigenvalue weighted by Crippen LogP contribution is 2.36. The van der Waals surface area contributed by atoms with Gasteiger partial charge in [-0.2, -0.15) is 0 Å². The zero-order chi connectivity index (χ0) is 24.6. The maximum atomic E-state index is 13.0. The molecule has 4 N–H and O–H groups in total. The number of nitrogens with one attached hydrogen (secondary N) is 2. The van der Waals surface area contributed by atoms with E-state index >= 15 is 0 Å². The predicted octanol–water partition coefficient (Wildman–Crippen LogP) is 2.54. The zero-order valence-electron chi connectivity index (χ0n) is 20.2. The van der Waals surface area contributed by atoms with Crippen LogP contribution in [0.25, 0.3) is 0 Å². The molecule has 1 aromatic carbocycles. The fraction of sp³-hybridized carbons (Fsp3) is 0.423. The van der Waals surface area contributed by atoms with E-state index in [4.69, 9.17) is 5.73 Å². The Labute approximate surface area is 211 Å². The highest BCUT2D eigenvalue weighted by molar-refractivity contribution is 8.04. The van der Waals surface area contributed by atoms with Crippen molar-refractivity contribution in [2.45, 2.75) is 38.0 Å². The number of amides is 2. The second kappa shape index (κ2) is 12.1. The molecule has 35 heavy (non-hydrogen) atoms. The van der Waals surface area contributed by atoms with Crippen LogP contribution >= 0.6 is 11.8 Å². The number of carbonyl (C=O) groups is 2. The minimum Gasteiger partial charge on any atom is -0.392 e. The molecule has 2 saturated heterocycles. The standard InChI is InChI=1S/C26H34N6O2S/c1-2-32-25(34)22(35-26(32)23(27)24(33)30-17-20-9-12-28-13-10-20)18-29-21-7-5-19(6-8-21)11-16-31-14-3-4-15-31/h5-10,12-13,22,29H,2-4,11,14-18,27H2,1H3,(H,30,33)/b26-23+/t22-/m1/s1. The van der Waals surface area contributed by atoms with Crippen molar-refractivity contribution in [1.82, 2.24) is 20.1 Å². The quantitative estimate of drug-likeness (QED) is 0.436. The van der Waals surface area contributed by atoms with Crippen molar-refractivity contribution in [3.05, 3.63) is 70.6 Å². The van der Waals surface area contributed by atoms with E-state index < -0.39 is 0 Å². The Morgan fingerprint density at radius 2 is 1.83 bits per heavy atom. The number of nitrogens with zero attached hydrogens (tertiary/aromatic N) is 3. The minimum atomic E-state index is -0.381. The van der Waals surface area contributed by atoms with E-state index in [1.807, 2.05) is 19.1 Å². The number of aromatic nitrogens is 1. The van der Waals surface area contributed by atoms with Gasteiger partial charge in [0.1, 0.15) is 16.0 Å². The van der Waals surface area contributed by atoms with Gasteiger partial charge in [0.15, 0.2) is 0 Å². The van der Waals surface area contributed by atoms with Gasteiger partial charge in [-0.25, -0.2) is 0 Å². The van der Waals surface area contributed by atoms with Crippen LogP contribution in [0.4, 0.5) is 5.69 Å². The van der Waals surface area contributed by atoms with Crippen molar-refractivity contribution in [1.29, 1.82) is 0 Å². The molecule has 0 saturated carbocycles. The molecule has 0 radical (unpaired) electrons. The average Bonchev–Trinajstić information content (AvgIpc) is 3.53. The number of hydrogen-bond donors (Lipinski definition) is 3. The lowest BCUT2D eigenvalue weighted by Crippen LogP contribution is -2.35. The molecular formula is C26H34N6O2S. The van der Waals surface area contributed by atoms with E-state index in [0.29, 0.717) is 24.7 Å². The largest absolute Gasteiger partial charge is 0.392 e. The van der Waals surface area contributed by atoms with Gasteiger partial charge in [-0.05, 0) is 74.7 Å². The Morgan fingerprint density at radius 3 is 2.51 bits per heavy atom. The maximum Gasteiger partial charge on any atom is 0.270 e. The summed E-state index contributed by atoms with van der Waals surface area (Å²) in [5.74, 6) is -0.416. The first-order valence-electron chi connectivity index (χ1n) is 12.2. The van der Waals surface area contributed by atoms with Crippen LogP contribution in [0.5, 0.6) is 0 Å². The lowest BCUT2D eigenvalue weighted by Gasteiger charge is -2.16. The molecule has 1 aromatic heterocycles. The fourth-order valence-corrected chi connectivity index (χ4v) is 5.56. The molecule has 2 aliphatic heterocycles. The highest BCUT2D eigenvalue weighted by Gasteiger charge is 2.38. The maximum absolute atomic E-state index is 13.0. The van der Waals surface area contributed by atoms with Gasteiger partial charge in [-0.1, -0.05) is 23.9 Å². The first-order valence-corrected chi connectivity index (χ1v) is 13.1. The molecule has 4 rings (SSSR count). The molecular weight excluding hydrogens is 460 g/mol. The van der Waals surface area contributed by atoms with Gasteiger partial charge in [0.25, 0.3) is 5.91 Å². The van der Waals surface area contributed by atoms with E-state index in [-0.39, 0.29) is 22.8 Å². The summed E-state index contributed by atoms with van der Waals surface area (Å²) in [5, 5.41) is 6.38. The molecule has 2 amide bonds. The van der Waals surface area contributed by atoms with E-state index in [0.717, 1.165) is 24.2 Å². The van der Waals surface area contributed by atoms with Crippen molar-refractivity contribution in [2.75, 3.05) is 38.0 Å². The third kappa shape index (κ3) is 6.55. The zero-order valence-corrected chi connectivity index (χ0v) is 21.0. The number of rotatable bonds is 10. The van der Waals surface area contributed by atoms with Gasteiger partial charge in [-0.15, -0.1) is 0 Å². The second-order valence-corrected chi connectivity index (χ2v) is 10.0. The lowest BCUT2D eigenvalue weighted by molar-refractivity contribution is -0.127. The Balaban J connectivity index is 1.31. The van der Waals surface area contributed by atoms with Crippen LogP contribution in [-0.2, 0) is 22.6 Å². The van der Waals surface area contributed by atoms with Crippen LogP contribution < -0.4 is 16.4 Å². The summed E-state index contributed by atoms with van der Waals surface area (Å²) < 4.78 is 0. The number of anilines is 1. The predicted molar refractivity (Wildman–Crippen MR) is 140 cm³/mol. The van der Waals surface area contributed by atoms with Crippen molar-refractivity contribution in [3.8, 4) is 0 Å². The van der Waals surface area contributed by atoms with E-state index in [1.54, 1.807) is 17.3 Å². The smallest absolute Gasteiger partial charge is 0.270 e. The first-order chi connectivity index (χ1) is 17.0. The van der Waals surface area contributed by atoms with Crippen molar-refractivity contribution in [2.24, 2.45) is 5.73 Å². The minimum absolute atomic E-state index is 0.0351. The SMILES string of the molecule is CCN1C(=O)[C@@H](CNc2ccc(CCN3CCCC3)cc2)S/C1=C(/N)C(=O)NCc1ccncc1.